The van der Waals surface area contributed by atoms with Crippen LogP contribution in [0.3, 0.4) is 0 Å². The van der Waals surface area contributed by atoms with Crippen LogP contribution in [0.4, 0.5) is 0 Å². The monoisotopic (exact) mass is 193 g/mol. The molecule has 0 bridgehead atoms. The van der Waals surface area contributed by atoms with Gasteiger partial charge in [0, 0.05) is 19.3 Å². The lowest BCUT2D eigenvalue weighted by Gasteiger charge is -2.08. The molecule has 3 N–H and O–H groups in total. The maximum Gasteiger partial charge on any atom is 0.191 e. The molecule has 0 fully saturated rings. The van der Waals surface area contributed by atoms with Crippen LogP contribution in [-0.4, -0.2) is 29.0 Å². The first-order valence-corrected chi connectivity index (χ1v) is 4.94. The third kappa shape index (κ3) is 2.48. The highest BCUT2D eigenvalue weighted by molar-refractivity contribution is 5.79. The molecule has 0 amide bonds. The lowest BCUT2D eigenvalue weighted by atomic mass is 10.3. The van der Waals surface area contributed by atoms with Gasteiger partial charge in [0.2, 0.25) is 0 Å². The van der Waals surface area contributed by atoms with Crippen molar-refractivity contribution in [3.05, 3.63) is 18.2 Å². The summed E-state index contributed by atoms with van der Waals surface area (Å²) >= 11 is 0. The molecule has 0 unspecified atom stereocenters. The Morgan fingerprint density at radius 3 is 3.29 bits per heavy atom. The van der Waals surface area contributed by atoms with E-state index in [1.165, 1.54) is 12.8 Å². The molecule has 2 rings (SSSR count). The van der Waals surface area contributed by atoms with Crippen LogP contribution in [0.2, 0.25) is 0 Å². The predicted octanol–water partition coefficient (Wildman–Crippen LogP) is 0.239. The Kier molecular flexibility index (Phi) is 3.00. The Bertz CT molecular complexity index is 290. The molecule has 14 heavy (non-hydrogen) atoms. The van der Waals surface area contributed by atoms with E-state index in [0.717, 1.165) is 31.3 Å². The van der Waals surface area contributed by atoms with Crippen LogP contribution in [0.1, 0.15) is 18.5 Å². The number of guanidine groups is 1. The Labute approximate surface area is 83.0 Å². The second kappa shape index (κ2) is 4.64. The van der Waals surface area contributed by atoms with Crippen molar-refractivity contribution >= 4 is 5.96 Å². The Morgan fingerprint density at radius 2 is 2.43 bits per heavy atom. The molecule has 0 aliphatic carbocycles. The summed E-state index contributed by atoms with van der Waals surface area (Å²) in [6, 6.07) is 0. The lowest BCUT2D eigenvalue weighted by molar-refractivity contribution is 0.741. The molecule has 76 valence electrons. The van der Waals surface area contributed by atoms with Crippen LogP contribution in [0.25, 0.3) is 0 Å². The minimum absolute atomic E-state index is 0.742. The summed E-state index contributed by atoms with van der Waals surface area (Å²) in [4.78, 5) is 11.4. The van der Waals surface area contributed by atoms with E-state index in [1.807, 2.05) is 6.20 Å². The molecular formula is C9H15N5. The highest BCUT2D eigenvalue weighted by Gasteiger charge is 2.02. The first-order chi connectivity index (χ1) is 6.95. The SMILES string of the molecule is c1ncc(CNC2=NCCCCN2)[nH]1. The van der Waals surface area contributed by atoms with Crippen LogP contribution in [0.15, 0.2) is 17.5 Å². The molecule has 0 aromatic carbocycles. The number of nitrogens with zero attached hydrogens (tertiary/aromatic N) is 2. The molecule has 2 heterocycles. The van der Waals surface area contributed by atoms with Gasteiger partial charge in [0.25, 0.3) is 0 Å². The van der Waals surface area contributed by atoms with Gasteiger partial charge in [0.1, 0.15) is 0 Å². The van der Waals surface area contributed by atoms with Crippen molar-refractivity contribution < 1.29 is 0 Å². The number of nitrogens with one attached hydrogen (secondary N) is 3. The number of aliphatic imine (C=N–C) groups is 1. The first kappa shape index (κ1) is 9.05. The minimum atomic E-state index is 0.742. The zero-order chi connectivity index (χ0) is 9.64. The van der Waals surface area contributed by atoms with Crippen LogP contribution in [-0.2, 0) is 6.54 Å². The van der Waals surface area contributed by atoms with E-state index in [9.17, 15) is 0 Å². The number of imidazole rings is 1. The van der Waals surface area contributed by atoms with Crippen LogP contribution < -0.4 is 10.6 Å². The molecule has 1 aliphatic heterocycles. The van der Waals surface area contributed by atoms with E-state index < -0.39 is 0 Å². The van der Waals surface area contributed by atoms with Crippen LogP contribution in [0, 0.1) is 0 Å². The summed E-state index contributed by atoms with van der Waals surface area (Å²) in [7, 11) is 0. The lowest BCUT2D eigenvalue weighted by Crippen LogP contribution is -2.36. The van der Waals surface area contributed by atoms with E-state index in [0.29, 0.717) is 0 Å². The largest absolute Gasteiger partial charge is 0.356 e. The van der Waals surface area contributed by atoms with Gasteiger partial charge < -0.3 is 15.6 Å². The topological polar surface area (TPSA) is 65.1 Å². The third-order valence-electron chi connectivity index (χ3n) is 2.15. The van der Waals surface area contributed by atoms with Crippen molar-refractivity contribution in [3.63, 3.8) is 0 Å². The molecule has 5 nitrogen and oxygen atoms in total. The van der Waals surface area contributed by atoms with Gasteiger partial charge in [-0.1, -0.05) is 0 Å². The normalized spacial score (nSPS) is 16.7. The van der Waals surface area contributed by atoms with Gasteiger partial charge in [-0.25, -0.2) is 4.98 Å². The molecule has 1 aromatic rings. The van der Waals surface area contributed by atoms with Crippen molar-refractivity contribution in [1.29, 1.82) is 0 Å². The second-order valence-corrected chi connectivity index (χ2v) is 3.29. The quantitative estimate of drug-likeness (QED) is 0.630. The summed E-state index contributed by atoms with van der Waals surface area (Å²) in [6.45, 7) is 2.67. The average Bonchev–Trinajstić information content (AvgIpc) is 2.58. The summed E-state index contributed by atoms with van der Waals surface area (Å²) in [6.07, 6.45) is 5.85. The number of hydrogen-bond acceptors (Lipinski definition) is 4. The van der Waals surface area contributed by atoms with Crippen LogP contribution in [0.5, 0.6) is 0 Å². The molecule has 0 saturated carbocycles. The van der Waals surface area contributed by atoms with E-state index >= 15 is 0 Å². The third-order valence-corrected chi connectivity index (χ3v) is 2.15. The Balaban J connectivity index is 1.82. The summed E-state index contributed by atoms with van der Waals surface area (Å²) in [5.74, 6) is 0.900. The number of H-pyrrole nitrogens is 1. The fourth-order valence-corrected chi connectivity index (χ4v) is 1.37. The summed E-state index contributed by atoms with van der Waals surface area (Å²) < 4.78 is 0. The fraction of sp³-hybridized carbons (Fsp3) is 0.556. The molecule has 0 atom stereocenters. The number of aromatic amines is 1. The smallest absolute Gasteiger partial charge is 0.191 e. The van der Waals surface area contributed by atoms with Gasteiger partial charge in [-0.15, -0.1) is 0 Å². The molecule has 0 spiro atoms. The van der Waals surface area contributed by atoms with Gasteiger partial charge in [-0.05, 0) is 12.8 Å². The van der Waals surface area contributed by atoms with Gasteiger partial charge >= 0.3 is 0 Å². The maximum absolute atomic E-state index is 4.38. The Morgan fingerprint density at radius 1 is 1.43 bits per heavy atom. The summed E-state index contributed by atoms with van der Waals surface area (Å²) in [5.41, 5.74) is 1.07. The molecule has 1 aliphatic rings. The van der Waals surface area contributed by atoms with Crippen molar-refractivity contribution in [1.82, 2.24) is 20.6 Å². The second-order valence-electron chi connectivity index (χ2n) is 3.29. The van der Waals surface area contributed by atoms with Crippen LogP contribution >= 0.6 is 0 Å². The zero-order valence-electron chi connectivity index (χ0n) is 8.08. The van der Waals surface area contributed by atoms with Crippen molar-refractivity contribution in [2.45, 2.75) is 19.4 Å². The zero-order valence-corrected chi connectivity index (χ0v) is 8.08. The van der Waals surface area contributed by atoms with E-state index in [-0.39, 0.29) is 0 Å². The van der Waals surface area contributed by atoms with Gasteiger partial charge in [0.05, 0.1) is 18.6 Å². The van der Waals surface area contributed by atoms with Crippen molar-refractivity contribution in [2.24, 2.45) is 4.99 Å². The van der Waals surface area contributed by atoms with Gasteiger partial charge in [-0.2, -0.15) is 0 Å². The molecular weight excluding hydrogens is 178 g/mol. The highest BCUT2D eigenvalue weighted by Crippen LogP contribution is 1.94. The van der Waals surface area contributed by atoms with Crippen molar-refractivity contribution in [3.8, 4) is 0 Å². The predicted molar refractivity (Wildman–Crippen MR) is 55.0 cm³/mol. The number of aromatic nitrogens is 2. The molecule has 0 radical (unpaired) electrons. The first-order valence-electron chi connectivity index (χ1n) is 4.94. The maximum atomic E-state index is 4.38. The average molecular weight is 193 g/mol. The highest BCUT2D eigenvalue weighted by atomic mass is 15.2. The number of hydrogen-bond donors (Lipinski definition) is 3. The molecule has 0 saturated heterocycles. The molecule has 1 aromatic heterocycles. The number of rotatable bonds is 2. The van der Waals surface area contributed by atoms with Crippen molar-refractivity contribution in [2.75, 3.05) is 13.1 Å². The van der Waals surface area contributed by atoms with Gasteiger partial charge in [-0.3, -0.25) is 4.99 Å². The molecule has 5 heteroatoms. The van der Waals surface area contributed by atoms with Gasteiger partial charge in [0.15, 0.2) is 5.96 Å². The minimum Gasteiger partial charge on any atom is -0.356 e. The standard InChI is InChI=1S/C9H15N5/c1-2-4-12-9(11-3-1)13-6-8-5-10-7-14-8/h5,7H,1-4,6H2,(H,10,14)(H2,11,12,13). The Hall–Kier alpha value is -1.52. The summed E-state index contributed by atoms with van der Waals surface area (Å²) in [5, 5.41) is 6.48. The van der Waals surface area contributed by atoms with E-state index in [2.05, 4.69) is 25.6 Å². The fourth-order valence-electron chi connectivity index (χ4n) is 1.37. The van der Waals surface area contributed by atoms with E-state index in [4.69, 9.17) is 0 Å². The van der Waals surface area contributed by atoms with E-state index in [1.54, 1.807) is 6.33 Å².